The van der Waals surface area contributed by atoms with Gasteiger partial charge in [-0.2, -0.15) is 0 Å². The molecule has 1 atom stereocenters. The van der Waals surface area contributed by atoms with Crippen LogP contribution in [0.3, 0.4) is 0 Å². The minimum atomic E-state index is 0.404. The van der Waals surface area contributed by atoms with Gasteiger partial charge in [0.25, 0.3) is 0 Å². The Morgan fingerprint density at radius 2 is 0.685 bits per heavy atom. The van der Waals surface area contributed by atoms with Crippen molar-refractivity contribution in [2.45, 2.75) is 309 Å². The maximum absolute atomic E-state index is 9.73. The topological polar surface area (TPSA) is 20.2 Å². The summed E-state index contributed by atoms with van der Waals surface area (Å²) in [6.45, 7) is 5.05. The average molecular weight is 757 g/mol. The van der Waals surface area contributed by atoms with Crippen molar-refractivity contribution in [1.82, 2.24) is 0 Å². The van der Waals surface area contributed by atoms with Gasteiger partial charge in [-0.1, -0.05) is 271 Å². The van der Waals surface area contributed by atoms with E-state index in [1.807, 2.05) is 0 Å². The van der Waals surface area contributed by atoms with Crippen molar-refractivity contribution in [3.8, 4) is 0 Å². The van der Waals surface area contributed by atoms with Crippen LogP contribution >= 0.6 is 0 Å². The first-order valence-corrected chi connectivity index (χ1v) is 26.3. The summed E-state index contributed by atoms with van der Waals surface area (Å²) in [5.41, 5.74) is 0.643. The fourth-order valence-corrected chi connectivity index (χ4v) is 11.1. The van der Waals surface area contributed by atoms with Crippen molar-refractivity contribution >= 4 is 0 Å². The van der Waals surface area contributed by atoms with Gasteiger partial charge < -0.3 is 5.11 Å². The van der Waals surface area contributed by atoms with Crippen LogP contribution in [0.1, 0.15) is 309 Å². The Labute approximate surface area is 342 Å². The van der Waals surface area contributed by atoms with Gasteiger partial charge in [0.2, 0.25) is 0 Å². The lowest BCUT2D eigenvalue weighted by Gasteiger charge is -2.35. The minimum Gasteiger partial charge on any atom is -0.396 e. The van der Waals surface area contributed by atoms with Crippen molar-refractivity contribution < 1.29 is 5.11 Å². The number of hydrogen-bond donors (Lipinski definition) is 1. The highest BCUT2D eigenvalue weighted by Gasteiger charge is 2.28. The van der Waals surface area contributed by atoms with Crippen molar-refractivity contribution in [2.24, 2.45) is 23.2 Å². The number of hydrogen-bond acceptors (Lipinski definition) is 1. The van der Waals surface area contributed by atoms with Crippen molar-refractivity contribution in [1.29, 1.82) is 0 Å². The zero-order valence-corrected chi connectivity index (χ0v) is 37.9. The Morgan fingerprint density at radius 3 is 1.06 bits per heavy atom. The average Bonchev–Trinajstić information content (AvgIpc) is 3.20. The summed E-state index contributed by atoms with van der Waals surface area (Å²) in [6, 6.07) is 0. The molecule has 0 saturated heterocycles. The third kappa shape index (κ3) is 28.4. The second-order valence-electron chi connectivity index (χ2n) is 19.9. The third-order valence-corrected chi connectivity index (χ3v) is 14.9. The Bertz CT molecular complexity index is 696. The molecule has 54 heavy (non-hydrogen) atoms. The number of rotatable bonds is 40. The number of aliphatic hydroxyl groups is 1. The maximum atomic E-state index is 9.73. The monoisotopic (exact) mass is 757 g/mol. The Balaban J connectivity index is 1.74. The summed E-state index contributed by atoms with van der Waals surface area (Å²) >= 11 is 0. The van der Waals surface area contributed by atoms with E-state index in [9.17, 15) is 5.11 Å². The van der Waals surface area contributed by atoms with Gasteiger partial charge in [-0.25, -0.2) is 0 Å². The lowest BCUT2D eigenvalue weighted by atomic mass is 9.70. The molecule has 2 aliphatic rings. The second kappa shape index (κ2) is 37.2. The fraction of sp³-hybridized carbons (Fsp3) is 1.00. The largest absolute Gasteiger partial charge is 0.396 e. The van der Waals surface area contributed by atoms with Crippen molar-refractivity contribution in [2.75, 3.05) is 6.61 Å². The SMILES string of the molecule is CCCCCCCC(CCCCCCCCCC(CO)CCCC)(CCCCCCCCCC1CCCCC1)CCCCCCCCCC1CCCCC1. The number of unbranched alkanes of at least 4 members (excludes halogenated alkanes) is 23. The van der Waals surface area contributed by atoms with E-state index in [-0.39, 0.29) is 0 Å². The van der Waals surface area contributed by atoms with E-state index in [1.54, 1.807) is 0 Å². The van der Waals surface area contributed by atoms with Crippen LogP contribution in [0.25, 0.3) is 0 Å². The quantitative estimate of drug-likeness (QED) is 0.0617. The predicted molar refractivity (Wildman–Crippen MR) is 244 cm³/mol. The predicted octanol–water partition coefficient (Wildman–Crippen LogP) is 18.8. The summed E-state index contributed by atoms with van der Waals surface area (Å²) in [4.78, 5) is 0. The Hall–Kier alpha value is -0.0400. The van der Waals surface area contributed by atoms with Gasteiger partial charge >= 0.3 is 0 Å². The first kappa shape index (κ1) is 50.1. The Kier molecular flexibility index (Phi) is 34.6. The summed E-state index contributed by atoms with van der Waals surface area (Å²) < 4.78 is 0. The van der Waals surface area contributed by atoms with E-state index in [4.69, 9.17) is 0 Å². The maximum Gasteiger partial charge on any atom is 0.0459 e. The van der Waals surface area contributed by atoms with Gasteiger partial charge in [-0.15, -0.1) is 0 Å². The highest BCUT2D eigenvalue weighted by atomic mass is 16.3. The molecule has 0 aromatic heterocycles. The van der Waals surface area contributed by atoms with E-state index in [2.05, 4.69) is 13.8 Å². The van der Waals surface area contributed by atoms with Crippen LogP contribution in [0, 0.1) is 23.2 Å². The van der Waals surface area contributed by atoms with Crippen LogP contribution in [-0.2, 0) is 0 Å². The molecule has 0 aromatic carbocycles. The van der Waals surface area contributed by atoms with Crippen LogP contribution in [0.5, 0.6) is 0 Å². The summed E-state index contributed by atoms with van der Waals surface area (Å²) in [5, 5.41) is 9.73. The molecule has 322 valence electrons. The van der Waals surface area contributed by atoms with E-state index >= 15 is 0 Å². The summed E-state index contributed by atoms with van der Waals surface area (Å²) in [5.74, 6) is 2.72. The van der Waals surface area contributed by atoms with E-state index in [0.717, 1.165) is 11.8 Å². The van der Waals surface area contributed by atoms with Gasteiger partial charge in [-0.3, -0.25) is 0 Å². The molecule has 0 radical (unpaired) electrons. The molecule has 0 heterocycles. The van der Waals surface area contributed by atoms with Crippen molar-refractivity contribution in [3.05, 3.63) is 0 Å². The van der Waals surface area contributed by atoms with Crippen LogP contribution in [0.2, 0.25) is 0 Å². The molecule has 2 fully saturated rings. The molecule has 0 aliphatic heterocycles. The number of aliphatic hydroxyl groups excluding tert-OH is 1. The molecule has 0 spiro atoms. The molecule has 0 bridgehead atoms. The molecule has 1 unspecified atom stereocenters. The Morgan fingerprint density at radius 1 is 0.370 bits per heavy atom. The minimum absolute atomic E-state index is 0.404. The zero-order valence-electron chi connectivity index (χ0n) is 37.9. The van der Waals surface area contributed by atoms with Crippen molar-refractivity contribution in [3.63, 3.8) is 0 Å². The molecule has 0 aromatic rings. The third-order valence-electron chi connectivity index (χ3n) is 14.9. The molecule has 2 saturated carbocycles. The first-order chi connectivity index (χ1) is 26.7. The highest BCUT2D eigenvalue weighted by molar-refractivity contribution is 4.80. The highest BCUT2D eigenvalue weighted by Crippen LogP contribution is 2.42. The van der Waals surface area contributed by atoms with Crippen LogP contribution in [-0.4, -0.2) is 11.7 Å². The lowest BCUT2D eigenvalue weighted by molar-refractivity contribution is 0.171. The van der Waals surface area contributed by atoms with Gasteiger partial charge in [0, 0.05) is 6.61 Å². The molecule has 1 N–H and O–H groups in total. The summed E-state index contributed by atoms with van der Waals surface area (Å²) in [7, 11) is 0. The summed E-state index contributed by atoms with van der Waals surface area (Å²) in [6.07, 6.45) is 67.6. The standard InChI is InChI=1S/C53H104O/c1-3-5-7-20-33-45-53(46-34-21-14-8-11-17-26-38-50-40-29-24-30-41-50,47-35-22-15-9-12-18-27-39-51-42-31-25-32-43-51)48-36-23-16-10-13-19-28-44-52(49-54)37-6-4-2/h50-52,54H,3-49H2,1-2H3. The second-order valence-corrected chi connectivity index (χ2v) is 19.9. The molecular formula is C53H104O. The van der Waals surface area contributed by atoms with Gasteiger partial charge in [-0.05, 0) is 61.7 Å². The smallest absolute Gasteiger partial charge is 0.0459 e. The van der Waals surface area contributed by atoms with E-state index in [0.29, 0.717) is 17.9 Å². The fourth-order valence-electron chi connectivity index (χ4n) is 11.1. The van der Waals surface area contributed by atoms with Crippen LogP contribution in [0.4, 0.5) is 0 Å². The normalized spacial score (nSPS) is 16.7. The first-order valence-electron chi connectivity index (χ1n) is 26.3. The van der Waals surface area contributed by atoms with E-state index < -0.39 is 0 Å². The van der Waals surface area contributed by atoms with E-state index in [1.165, 1.54) is 295 Å². The zero-order chi connectivity index (χ0) is 38.5. The molecular weight excluding hydrogens is 653 g/mol. The van der Waals surface area contributed by atoms with Gasteiger partial charge in [0.05, 0.1) is 0 Å². The molecule has 2 aliphatic carbocycles. The van der Waals surface area contributed by atoms with Crippen LogP contribution < -0.4 is 0 Å². The van der Waals surface area contributed by atoms with Gasteiger partial charge in [0.1, 0.15) is 0 Å². The van der Waals surface area contributed by atoms with Gasteiger partial charge in [0.15, 0.2) is 0 Å². The molecule has 0 amide bonds. The molecule has 1 heteroatoms. The van der Waals surface area contributed by atoms with Crippen LogP contribution in [0.15, 0.2) is 0 Å². The lowest BCUT2D eigenvalue weighted by Crippen LogP contribution is -2.21. The molecule has 2 rings (SSSR count). The molecule has 1 nitrogen and oxygen atoms in total.